The Kier molecular flexibility index (Phi) is 5.42. The first-order valence-electron chi connectivity index (χ1n) is 11.9. The molecule has 4 rings (SSSR count). The van der Waals surface area contributed by atoms with E-state index in [-0.39, 0.29) is 11.4 Å². The summed E-state index contributed by atoms with van der Waals surface area (Å²) >= 11 is 0. The summed E-state index contributed by atoms with van der Waals surface area (Å²) in [6.45, 7) is 7.35. The van der Waals surface area contributed by atoms with Gasteiger partial charge < -0.3 is 4.74 Å². The number of ether oxygens (including phenoxy) is 1. The van der Waals surface area contributed by atoms with Gasteiger partial charge >= 0.3 is 5.97 Å². The average Bonchev–Trinajstić information content (AvgIpc) is 3.03. The predicted molar refractivity (Wildman–Crippen MR) is 111 cm³/mol. The highest BCUT2D eigenvalue weighted by Gasteiger charge is 2.62. The summed E-state index contributed by atoms with van der Waals surface area (Å²) in [4.78, 5) is 25.0. The lowest BCUT2D eigenvalue weighted by molar-refractivity contribution is -0.156. The Bertz CT molecular complexity index is 627. The molecule has 4 saturated carbocycles. The maximum absolute atomic E-state index is 13.4. The van der Waals surface area contributed by atoms with Crippen molar-refractivity contribution in [2.24, 2.45) is 46.3 Å². The van der Waals surface area contributed by atoms with Crippen molar-refractivity contribution in [3.63, 3.8) is 0 Å². The van der Waals surface area contributed by atoms with Crippen molar-refractivity contribution < 1.29 is 14.3 Å². The van der Waals surface area contributed by atoms with Gasteiger partial charge in [0.2, 0.25) is 0 Å². The van der Waals surface area contributed by atoms with E-state index in [0.717, 1.165) is 12.8 Å². The number of methoxy groups -OCH3 is 1. The molecule has 0 unspecified atom stereocenters. The van der Waals surface area contributed by atoms with Gasteiger partial charge in [-0.2, -0.15) is 0 Å². The SMILES string of the molecule is COC(=O)CC[C@H](C)[C@H]1CC[C@@H]2[C@H]3C(=O)C[C@@H]4CCCC[C@]4(C)[C@H]3CC[C@@]21C. The fraction of sp³-hybridized carbons (Fsp3) is 0.920. The lowest BCUT2D eigenvalue weighted by Gasteiger charge is -2.60. The first-order valence-corrected chi connectivity index (χ1v) is 11.9. The van der Waals surface area contributed by atoms with Crippen molar-refractivity contribution >= 4 is 11.8 Å². The molecule has 0 aliphatic heterocycles. The van der Waals surface area contributed by atoms with Crippen molar-refractivity contribution in [1.82, 2.24) is 0 Å². The van der Waals surface area contributed by atoms with Crippen LogP contribution in [-0.2, 0) is 14.3 Å². The van der Waals surface area contributed by atoms with Crippen molar-refractivity contribution in [2.45, 2.75) is 91.4 Å². The van der Waals surface area contributed by atoms with Gasteiger partial charge in [0.15, 0.2) is 0 Å². The van der Waals surface area contributed by atoms with Crippen molar-refractivity contribution in [3.05, 3.63) is 0 Å². The van der Waals surface area contributed by atoms with Crippen molar-refractivity contribution in [3.8, 4) is 0 Å². The molecule has 4 aliphatic rings. The number of carbonyl (C=O) groups is 2. The zero-order chi connectivity index (χ0) is 20.1. The molecule has 3 heteroatoms. The molecule has 0 N–H and O–H groups in total. The van der Waals surface area contributed by atoms with Crippen LogP contribution < -0.4 is 0 Å². The first-order chi connectivity index (χ1) is 13.3. The number of ketones is 1. The van der Waals surface area contributed by atoms with Crippen LogP contribution in [0.25, 0.3) is 0 Å². The van der Waals surface area contributed by atoms with Crippen molar-refractivity contribution in [2.75, 3.05) is 7.11 Å². The Morgan fingerprint density at radius 3 is 2.57 bits per heavy atom. The molecule has 28 heavy (non-hydrogen) atoms. The minimum absolute atomic E-state index is 0.0889. The zero-order valence-corrected chi connectivity index (χ0v) is 18.5. The van der Waals surface area contributed by atoms with Gasteiger partial charge in [-0.3, -0.25) is 9.59 Å². The molecule has 0 aromatic carbocycles. The van der Waals surface area contributed by atoms with E-state index in [1.165, 1.54) is 58.5 Å². The third-order valence-corrected chi connectivity index (χ3v) is 10.2. The third-order valence-electron chi connectivity index (χ3n) is 10.2. The molecule has 0 heterocycles. The van der Waals surface area contributed by atoms with Gasteiger partial charge in [-0.15, -0.1) is 0 Å². The maximum atomic E-state index is 13.4. The van der Waals surface area contributed by atoms with Gasteiger partial charge in [0.1, 0.15) is 5.78 Å². The molecule has 0 bridgehead atoms. The van der Waals surface area contributed by atoms with Gasteiger partial charge in [-0.05, 0) is 85.4 Å². The Hall–Kier alpha value is -0.860. The van der Waals surface area contributed by atoms with Crippen LogP contribution in [0.4, 0.5) is 0 Å². The molecule has 3 nitrogen and oxygen atoms in total. The van der Waals surface area contributed by atoms with E-state index < -0.39 is 0 Å². The minimum Gasteiger partial charge on any atom is -0.469 e. The molecule has 0 radical (unpaired) electrons. The van der Waals surface area contributed by atoms with Crippen LogP contribution in [0.15, 0.2) is 0 Å². The highest BCUT2D eigenvalue weighted by molar-refractivity contribution is 5.83. The van der Waals surface area contributed by atoms with Crippen LogP contribution in [0.1, 0.15) is 91.4 Å². The fourth-order valence-corrected chi connectivity index (χ4v) is 8.59. The van der Waals surface area contributed by atoms with Gasteiger partial charge in [0.05, 0.1) is 7.11 Å². The second-order valence-electron chi connectivity index (χ2n) is 11.2. The number of hydrogen-bond donors (Lipinski definition) is 0. The van der Waals surface area contributed by atoms with Crippen LogP contribution in [0.2, 0.25) is 0 Å². The molecule has 0 amide bonds. The summed E-state index contributed by atoms with van der Waals surface area (Å²) < 4.78 is 4.86. The molecule has 0 saturated heterocycles. The van der Waals surface area contributed by atoms with Crippen LogP contribution in [0, 0.1) is 46.3 Å². The normalized spacial score (nSPS) is 46.3. The zero-order valence-electron chi connectivity index (χ0n) is 18.5. The third kappa shape index (κ3) is 3.06. The molecule has 0 aromatic rings. The predicted octanol–water partition coefficient (Wildman–Crippen LogP) is 5.80. The molecule has 8 atom stereocenters. The summed E-state index contributed by atoms with van der Waals surface area (Å²) in [6.07, 6.45) is 12.6. The number of esters is 1. The smallest absolute Gasteiger partial charge is 0.305 e. The highest BCUT2D eigenvalue weighted by atomic mass is 16.5. The van der Waals surface area contributed by atoms with E-state index in [4.69, 9.17) is 4.74 Å². The van der Waals surface area contributed by atoms with E-state index in [0.29, 0.717) is 53.1 Å². The molecule has 4 aliphatic carbocycles. The van der Waals surface area contributed by atoms with Gasteiger partial charge in [0, 0.05) is 18.8 Å². The quantitative estimate of drug-likeness (QED) is 0.571. The topological polar surface area (TPSA) is 43.4 Å². The Labute approximate surface area is 171 Å². The average molecular weight is 389 g/mol. The lowest BCUT2D eigenvalue weighted by atomic mass is 9.44. The Balaban J connectivity index is 1.54. The molecule has 158 valence electrons. The molecular weight excluding hydrogens is 348 g/mol. The van der Waals surface area contributed by atoms with Gasteiger partial charge in [0.25, 0.3) is 0 Å². The Morgan fingerprint density at radius 2 is 1.82 bits per heavy atom. The number of Topliss-reactive ketones (excluding diaryl/α,β-unsaturated/α-hetero) is 1. The van der Waals surface area contributed by atoms with E-state index in [1.54, 1.807) is 0 Å². The summed E-state index contributed by atoms with van der Waals surface area (Å²) in [7, 11) is 1.48. The standard InChI is InChI=1S/C25H40O3/c1-16(8-11-22(27)28-4)18-9-10-19-23-20(12-14-25(18,19)3)24(2)13-6-5-7-17(24)15-21(23)26/h16-20,23H,5-15H2,1-4H3/t16-,17-,18+,19+,20-,23+,24-,25+/m0/s1. The second-order valence-corrected chi connectivity index (χ2v) is 11.2. The molecule has 0 spiro atoms. The number of carbonyl (C=O) groups excluding carboxylic acids is 2. The monoisotopic (exact) mass is 388 g/mol. The first kappa shape index (κ1) is 20.4. The molecule has 0 aromatic heterocycles. The Morgan fingerprint density at radius 1 is 1.07 bits per heavy atom. The second kappa shape index (κ2) is 7.43. The lowest BCUT2D eigenvalue weighted by Crippen LogP contribution is -2.56. The molecular formula is C25H40O3. The summed E-state index contributed by atoms with van der Waals surface area (Å²) in [5.74, 6) is 3.86. The number of rotatable bonds is 4. The summed E-state index contributed by atoms with van der Waals surface area (Å²) in [6, 6.07) is 0. The largest absolute Gasteiger partial charge is 0.469 e. The van der Waals surface area contributed by atoms with Crippen LogP contribution in [-0.4, -0.2) is 18.9 Å². The van der Waals surface area contributed by atoms with Gasteiger partial charge in [-0.1, -0.05) is 33.6 Å². The van der Waals surface area contributed by atoms with Crippen LogP contribution in [0.3, 0.4) is 0 Å². The molecule has 4 fully saturated rings. The van der Waals surface area contributed by atoms with E-state index in [1.807, 2.05) is 0 Å². The van der Waals surface area contributed by atoms with Crippen LogP contribution in [0.5, 0.6) is 0 Å². The van der Waals surface area contributed by atoms with E-state index in [2.05, 4.69) is 20.8 Å². The minimum atomic E-state index is -0.0889. The number of hydrogen-bond acceptors (Lipinski definition) is 3. The van der Waals surface area contributed by atoms with Crippen molar-refractivity contribution in [1.29, 1.82) is 0 Å². The highest BCUT2D eigenvalue weighted by Crippen LogP contribution is 2.67. The van der Waals surface area contributed by atoms with Gasteiger partial charge in [-0.25, -0.2) is 0 Å². The van der Waals surface area contributed by atoms with E-state index >= 15 is 0 Å². The number of fused-ring (bicyclic) bond motifs is 5. The summed E-state index contributed by atoms with van der Waals surface area (Å²) in [5.41, 5.74) is 0.691. The van der Waals surface area contributed by atoms with Crippen LogP contribution >= 0.6 is 0 Å². The maximum Gasteiger partial charge on any atom is 0.305 e. The summed E-state index contributed by atoms with van der Waals surface area (Å²) in [5, 5.41) is 0. The fourth-order valence-electron chi connectivity index (χ4n) is 8.59. The van der Waals surface area contributed by atoms with E-state index in [9.17, 15) is 9.59 Å².